The Morgan fingerprint density at radius 3 is 2.22 bits per heavy atom. The van der Waals surface area contributed by atoms with Gasteiger partial charge in [-0.3, -0.25) is 15.0 Å². The van der Waals surface area contributed by atoms with E-state index in [1.54, 1.807) is 0 Å². The molecule has 0 unspecified atom stereocenters. The number of anilines is 2. The van der Waals surface area contributed by atoms with E-state index in [0.717, 1.165) is 17.0 Å². The van der Waals surface area contributed by atoms with E-state index in [0.29, 0.717) is 11.3 Å². The number of alkyl halides is 3. The van der Waals surface area contributed by atoms with Gasteiger partial charge in [0.05, 0.1) is 13.0 Å². The Hall–Kier alpha value is -3.64. The smallest absolute Gasteiger partial charge is 0.406 e. The van der Waals surface area contributed by atoms with Gasteiger partial charge in [-0.25, -0.2) is 0 Å². The minimum atomic E-state index is -4.87. The molecule has 9 nitrogen and oxygen atoms in total. The molecule has 12 heteroatoms. The average molecular weight is 454 g/mol. The SMILES string of the molecule is N=C(N)c1ccc(NC(=O)[C@H](O)CC(=O)N(CCO)c2ccc(OC(F)(F)F)cc2)cc1. The zero-order valence-corrected chi connectivity index (χ0v) is 16.6. The molecule has 0 aromatic heterocycles. The number of amidine groups is 1. The van der Waals surface area contributed by atoms with E-state index >= 15 is 0 Å². The van der Waals surface area contributed by atoms with Gasteiger partial charge in [0.25, 0.3) is 5.91 Å². The first-order chi connectivity index (χ1) is 15.0. The van der Waals surface area contributed by atoms with Crippen LogP contribution in [0.1, 0.15) is 12.0 Å². The van der Waals surface area contributed by atoms with Crippen LogP contribution in [0.4, 0.5) is 24.5 Å². The molecule has 1 atom stereocenters. The topological polar surface area (TPSA) is 149 Å². The summed E-state index contributed by atoms with van der Waals surface area (Å²) in [5, 5.41) is 29.1. The second-order valence-electron chi connectivity index (χ2n) is 6.51. The van der Waals surface area contributed by atoms with Crippen molar-refractivity contribution in [2.24, 2.45) is 5.73 Å². The van der Waals surface area contributed by atoms with E-state index in [9.17, 15) is 33.0 Å². The summed E-state index contributed by atoms with van der Waals surface area (Å²) in [4.78, 5) is 25.8. The number of hydrogen-bond acceptors (Lipinski definition) is 6. The highest BCUT2D eigenvalue weighted by molar-refractivity contribution is 6.01. The molecular formula is C20H21F3N4O5. The first kappa shape index (κ1) is 24.6. The Labute approximate surface area is 180 Å². The third-order valence-corrected chi connectivity index (χ3v) is 4.14. The minimum Gasteiger partial charge on any atom is -0.406 e. The van der Waals surface area contributed by atoms with Crippen LogP contribution in [0.15, 0.2) is 48.5 Å². The number of nitrogens with zero attached hydrogens (tertiary/aromatic N) is 1. The Bertz CT molecular complexity index is 949. The summed E-state index contributed by atoms with van der Waals surface area (Å²) in [5.74, 6) is -2.26. The summed E-state index contributed by atoms with van der Waals surface area (Å²) in [6.45, 7) is -0.670. The number of nitrogens with two attached hydrogens (primary N) is 1. The largest absolute Gasteiger partial charge is 0.573 e. The van der Waals surface area contributed by atoms with Gasteiger partial charge in [-0.1, -0.05) is 0 Å². The lowest BCUT2D eigenvalue weighted by molar-refractivity contribution is -0.274. The number of aliphatic hydroxyl groups is 2. The first-order valence-corrected chi connectivity index (χ1v) is 9.20. The van der Waals surface area contributed by atoms with Crippen molar-refractivity contribution in [1.82, 2.24) is 0 Å². The molecular weight excluding hydrogens is 433 g/mol. The molecule has 0 aliphatic rings. The standard InChI is InChI=1S/C20H21F3N4O5/c21-20(22,23)32-15-7-5-14(6-8-15)27(9-10-28)17(30)11-16(29)19(31)26-13-3-1-12(2-4-13)18(24)25/h1-8,16,28-29H,9-11H2,(H3,24,25)(H,26,31)/t16-/m1/s1. The molecule has 0 saturated heterocycles. The van der Waals surface area contributed by atoms with Crippen molar-refractivity contribution >= 4 is 29.0 Å². The fourth-order valence-corrected chi connectivity index (χ4v) is 2.65. The molecule has 0 aliphatic carbocycles. The van der Waals surface area contributed by atoms with Crippen molar-refractivity contribution < 1.29 is 37.7 Å². The molecule has 32 heavy (non-hydrogen) atoms. The molecule has 0 aliphatic heterocycles. The van der Waals surface area contributed by atoms with E-state index in [2.05, 4.69) is 10.1 Å². The quantitative estimate of drug-likeness (QED) is 0.287. The third kappa shape index (κ3) is 7.25. The Kier molecular flexibility index (Phi) is 8.15. The Balaban J connectivity index is 2.03. The number of carbonyl (C=O) groups excluding carboxylic acids is 2. The van der Waals surface area contributed by atoms with Gasteiger partial charge in [0.2, 0.25) is 5.91 Å². The van der Waals surface area contributed by atoms with Gasteiger partial charge >= 0.3 is 6.36 Å². The van der Waals surface area contributed by atoms with Crippen LogP contribution in [0.25, 0.3) is 0 Å². The fraction of sp³-hybridized carbons (Fsp3) is 0.250. The number of aliphatic hydroxyl groups excluding tert-OH is 2. The van der Waals surface area contributed by atoms with Gasteiger partial charge in [-0.2, -0.15) is 0 Å². The van der Waals surface area contributed by atoms with Gasteiger partial charge in [-0.05, 0) is 48.5 Å². The van der Waals surface area contributed by atoms with Gasteiger partial charge in [0, 0.05) is 23.5 Å². The average Bonchev–Trinajstić information content (AvgIpc) is 2.71. The summed E-state index contributed by atoms with van der Waals surface area (Å²) in [6.07, 6.45) is -7.24. The van der Waals surface area contributed by atoms with Crippen LogP contribution in [0.3, 0.4) is 0 Å². The second kappa shape index (κ2) is 10.6. The number of nitrogen functional groups attached to an aromatic ring is 1. The lowest BCUT2D eigenvalue weighted by atomic mass is 10.1. The number of halogens is 3. The highest BCUT2D eigenvalue weighted by Gasteiger charge is 2.31. The van der Waals surface area contributed by atoms with Gasteiger partial charge < -0.3 is 30.9 Å². The number of carbonyl (C=O) groups is 2. The number of amides is 2. The molecule has 0 heterocycles. The summed E-state index contributed by atoms with van der Waals surface area (Å²) in [7, 11) is 0. The minimum absolute atomic E-state index is 0.144. The van der Waals surface area contributed by atoms with Crippen LogP contribution in [0, 0.1) is 5.41 Å². The van der Waals surface area contributed by atoms with Crippen LogP contribution in [-0.2, 0) is 9.59 Å². The maximum absolute atomic E-state index is 12.6. The number of hydrogen-bond donors (Lipinski definition) is 5. The van der Waals surface area contributed by atoms with Crippen molar-refractivity contribution in [2.75, 3.05) is 23.4 Å². The summed E-state index contributed by atoms with van der Waals surface area (Å²) in [5.41, 5.74) is 6.23. The predicted octanol–water partition coefficient (Wildman–Crippen LogP) is 1.58. The molecule has 0 spiro atoms. The van der Waals surface area contributed by atoms with Crippen molar-refractivity contribution in [3.63, 3.8) is 0 Å². The highest BCUT2D eigenvalue weighted by Crippen LogP contribution is 2.25. The summed E-state index contributed by atoms with van der Waals surface area (Å²) >= 11 is 0. The molecule has 2 amide bonds. The number of ether oxygens (including phenoxy) is 1. The van der Waals surface area contributed by atoms with Crippen LogP contribution < -0.4 is 20.7 Å². The van der Waals surface area contributed by atoms with E-state index in [-0.39, 0.29) is 18.1 Å². The maximum Gasteiger partial charge on any atom is 0.573 e. The van der Waals surface area contributed by atoms with Crippen molar-refractivity contribution in [1.29, 1.82) is 5.41 Å². The summed E-state index contributed by atoms with van der Waals surface area (Å²) < 4.78 is 40.6. The molecule has 2 rings (SSSR count). The molecule has 6 N–H and O–H groups in total. The highest BCUT2D eigenvalue weighted by atomic mass is 19.4. The first-order valence-electron chi connectivity index (χ1n) is 9.20. The zero-order valence-electron chi connectivity index (χ0n) is 16.6. The Morgan fingerprint density at radius 1 is 1.12 bits per heavy atom. The fourth-order valence-electron chi connectivity index (χ4n) is 2.65. The third-order valence-electron chi connectivity index (χ3n) is 4.14. The molecule has 0 bridgehead atoms. The molecule has 0 saturated carbocycles. The number of benzene rings is 2. The van der Waals surface area contributed by atoms with Crippen LogP contribution in [0.2, 0.25) is 0 Å². The molecule has 2 aromatic rings. The molecule has 0 fully saturated rings. The lowest BCUT2D eigenvalue weighted by Gasteiger charge is -2.23. The monoisotopic (exact) mass is 454 g/mol. The second-order valence-corrected chi connectivity index (χ2v) is 6.51. The van der Waals surface area contributed by atoms with E-state index in [1.807, 2.05) is 0 Å². The Morgan fingerprint density at radius 2 is 1.72 bits per heavy atom. The normalized spacial score (nSPS) is 12.0. The van der Waals surface area contributed by atoms with Crippen molar-refractivity contribution in [3.8, 4) is 5.75 Å². The van der Waals surface area contributed by atoms with Gasteiger partial charge in [0.1, 0.15) is 17.7 Å². The van der Waals surface area contributed by atoms with Gasteiger partial charge in [0.15, 0.2) is 0 Å². The van der Waals surface area contributed by atoms with Crippen molar-refractivity contribution in [3.05, 3.63) is 54.1 Å². The molecule has 2 aromatic carbocycles. The predicted molar refractivity (Wildman–Crippen MR) is 109 cm³/mol. The van der Waals surface area contributed by atoms with Crippen LogP contribution in [0.5, 0.6) is 5.75 Å². The van der Waals surface area contributed by atoms with E-state index in [1.165, 1.54) is 36.4 Å². The number of rotatable bonds is 9. The molecule has 0 radical (unpaired) electrons. The zero-order chi connectivity index (χ0) is 23.9. The van der Waals surface area contributed by atoms with Gasteiger partial charge in [-0.15, -0.1) is 13.2 Å². The maximum atomic E-state index is 12.6. The summed E-state index contributed by atoms with van der Waals surface area (Å²) in [6, 6.07) is 10.3. The molecule has 172 valence electrons. The van der Waals surface area contributed by atoms with E-state index in [4.69, 9.17) is 11.1 Å². The van der Waals surface area contributed by atoms with Crippen LogP contribution >= 0.6 is 0 Å². The van der Waals surface area contributed by atoms with Crippen molar-refractivity contribution in [2.45, 2.75) is 18.9 Å². The van der Waals surface area contributed by atoms with Crippen LogP contribution in [-0.4, -0.2) is 53.5 Å². The van der Waals surface area contributed by atoms with E-state index < -0.39 is 43.1 Å². The number of nitrogens with one attached hydrogen (secondary N) is 2. The lowest BCUT2D eigenvalue weighted by Crippen LogP contribution is -2.39.